The lowest BCUT2D eigenvalue weighted by molar-refractivity contribution is 0.0732. The molecule has 0 spiro atoms. The summed E-state index contributed by atoms with van der Waals surface area (Å²) >= 11 is 0. The van der Waals surface area contributed by atoms with Crippen molar-refractivity contribution in [3.63, 3.8) is 0 Å². The first-order chi connectivity index (χ1) is 17.2. The highest BCUT2D eigenvalue weighted by Gasteiger charge is 2.23. The molecule has 0 bridgehead atoms. The average Bonchev–Trinajstić information content (AvgIpc) is 3.41. The van der Waals surface area contributed by atoms with Crippen molar-refractivity contribution < 1.29 is 14.3 Å². The van der Waals surface area contributed by atoms with Gasteiger partial charge >= 0.3 is 0 Å². The van der Waals surface area contributed by atoms with E-state index in [2.05, 4.69) is 19.9 Å². The Balaban J connectivity index is 1.45. The van der Waals surface area contributed by atoms with Gasteiger partial charge in [-0.15, -0.1) is 0 Å². The van der Waals surface area contributed by atoms with Crippen molar-refractivity contribution in [1.29, 1.82) is 0 Å². The Hall–Kier alpha value is -3.68. The number of hydrogen-bond acceptors (Lipinski definition) is 7. The van der Waals surface area contributed by atoms with E-state index in [-0.39, 0.29) is 5.91 Å². The number of rotatable bonds is 2. The smallest absolute Gasteiger partial charge is 0.272 e. The van der Waals surface area contributed by atoms with E-state index < -0.39 is 0 Å². The van der Waals surface area contributed by atoms with Crippen molar-refractivity contribution in [3.05, 3.63) is 65.6 Å². The van der Waals surface area contributed by atoms with E-state index in [1.54, 1.807) is 12.3 Å². The molecule has 0 N–H and O–H groups in total. The molecule has 0 atom stereocenters. The molecule has 5 rings (SSSR count). The molecule has 4 heterocycles. The third kappa shape index (κ3) is 5.53. The minimum Gasteiger partial charge on any atom is -0.490 e. The van der Waals surface area contributed by atoms with Gasteiger partial charge in [-0.25, -0.2) is 15.0 Å². The van der Waals surface area contributed by atoms with E-state index in [9.17, 15) is 4.79 Å². The lowest BCUT2D eigenvalue weighted by atomic mass is 10.2. The van der Waals surface area contributed by atoms with Gasteiger partial charge in [0.2, 0.25) is 11.8 Å². The molecule has 1 fully saturated rings. The molecular weight excluding hydrogens is 442 g/mol. The summed E-state index contributed by atoms with van der Waals surface area (Å²) < 4.78 is 12.2. The molecule has 182 valence electrons. The van der Waals surface area contributed by atoms with Crippen molar-refractivity contribution in [2.75, 3.05) is 31.1 Å². The summed E-state index contributed by atoms with van der Waals surface area (Å²) in [5.41, 5.74) is 2.07. The number of fused-ring (bicyclic) bond motifs is 2. The molecule has 35 heavy (non-hydrogen) atoms. The van der Waals surface area contributed by atoms with E-state index in [1.165, 1.54) is 0 Å². The minimum absolute atomic E-state index is 0.0997. The van der Waals surface area contributed by atoms with Crippen LogP contribution in [0.5, 0.6) is 17.4 Å². The quantitative estimate of drug-likeness (QED) is 0.530. The first-order valence-electron chi connectivity index (χ1n) is 12.4. The monoisotopic (exact) mass is 473 g/mol. The van der Waals surface area contributed by atoms with Crippen LogP contribution < -0.4 is 14.4 Å². The maximum atomic E-state index is 13.7. The van der Waals surface area contributed by atoms with Crippen molar-refractivity contribution in [1.82, 2.24) is 19.9 Å². The average molecular weight is 474 g/mol. The van der Waals surface area contributed by atoms with Gasteiger partial charge in [-0.3, -0.25) is 4.79 Å². The summed E-state index contributed by atoms with van der Waals surface area (Å²) in [5, 5.41) is 0. The Bertz CT molecular complexity index is 1180. The SMILES string of the molecule is Cc1cc(C(=O)N2CCCCCOc3ccccc3Oc3ncccc3C2)nc(N2CCCC2)n1. The number of pyridine rings is 1. The summed E-state index contributed by atoms with van der Waals surface area (Å²) in [7, 11) is 0. The lowest BCUT2D eigenvalue weighted by Gasteiger charge is -2.24. The fraction of sp³-hybridized carbons (Fsp3) is 0.407. The van der Waals surface area contributed by atoms with Crippen LogP contribution in [0, 0.1) is 6.92 Å². The maximum absolute atomic E-state index is 13.7. The first-order valence-corrected chi connectivity index (χ1v) is 12.4. The highest BCUT2D eigenvalue weighted by Crippen LogP contribution is 2.33. The van der Waals surface area contributed by atoms with Crippen LogP contribution >= 0.6 is 0 Å². The van der Waals surface area contributed by atoms with Gasteiger partial charge in [0.15, 0.2) is 11.5 Å². The predicted molar refractivity (Wildman–Crippen MR) is 133 cm³/mol. The number of aryl methyl sites for hydroxylation is 1. The second-order valence-corrected chi connectivity index (χ2v) is 9.04. The molecule has 1 saturated heterocycles. The standard InChI is InChI=1S/C27H31N5O3/c1-20-18-22(30-27(29-20)31-14-6-7-15-31)26(33)32-16-5-2-8-17-34-23-11-3-4-12-24(23)35-25-21(19-32)10-9-13-28-25/h3-4,9-13,18H,2,5-8,14-17,19H2,1H3. The Morgan fingerprint density at radius 3 is 2.57 bits per heavy atom. The fourth-order valence-electron chi connectivity index (χ4n) is 4.50. The van der Waals surface area contributed by atoms with Crippen LogP contribution in [-0.2, 0) is 6.54 Å². The topological polar surface area (TPSA) is 80.7 Å². The number of amides is 1. The van der Waals surface area contributed by atoms with Crippen LogP contribution in [0.25, 0.3) is 0 Å². The second-order valence-electron chi connectivity index (χ2n) is 9.04. The molecule has 8 nitrogen and oxygen atoms in total. The largest absolute Gasteiger partial charge is 0.490 e. The highest BCUT2D eigenvalue weighted by atomic mass is 16.5. The van der Waals surface area contributed by atoms with E-state index in [4.69, 9.17) is 9.47 Å². The van der Waals surface area contributed by atoms with Crippen LogP contribution in [0.4, 0.5) is 5.95 Å². The molecule has 0 aliphatic carbocycles. The number of carbonyl (C=O) groups is 1. The molecule has 8 heteroatoms. The van der Waals surface area contributed by atoms with Gasteiger partial charge in [-0.05, 0) is 63.3 Å². The van der Waals surface area contributed by atoms with Gasteiger partial charge in [0, 0.05) is 37.1 Å². The van der Waals surface area contributed by atoms with Gasteiger partial charge in [-0.1, -0.05) is 18.2 Å². The Kier molecular flexibility index (Phi) is 7.07. The van der Waals surface area contributed by atoms with E-state index in [0.717, 1.165) is 56.5 Å². The lowest BCUT2D eigenvalue weighted by Crippen LogP contribution is -2.33. The summed E-state index contributed by atoms with van der Waals surface area (Å²) in [5.74, 6) is 2.33. The number of carbonyl (C=O) groups excluding carboxylic acids is 1. The molecule has 2 aliphatic heterocycles. The molecule has 0 saturated carbocycles. The van der Waals surface area contributed by atoms with Crippen LogP contribution in [0.3, 0.4) is 0 Å². The van der Waals surface area contributed by atoms with Crippen molar-refractivity contribution in [3.8, 4) is 17.4 Å². The van der Waals surface area contributed by atoms with E-state index in [1.807, 2.05) is 48.2 Å². The summed E-state index contributed by atoms with van der Waals surface area (Å²) in [6.45, 7) is 5.37. The minimum atomic E-state index is -0.0997. The normalized spacial score (nSPS) is 16.6. The van der Waals surface area contributed by atoms with Crippen molar-refractivity contribution in [2.45, 2.75) is 45.6 Å². The van der Waals surface area contributed by atoms with Crippen LogP contribution in [0.15, 0.2) is 48.7 Å². The van der Waals surface area contributed by atoms with Crippen LogP contribution in [0.2, 0.25) is 0 Å². The molecular formula is C27H31N5O3. The molecule has 1 amide bonds. The summed E-state index contributed by atoms with van der Waals surface area (Å²) in [4.78, 5) is 31.5. The third-order valence-electron chi connectivity index (χ3n) is 6.33. The zero-order valence-corrected chi connectivity index (χ0v) is 20.2. The van der Waals surface area contributed by atoms with E-state index in [0.29, 0.717) is 48.7 Å². The summed E-state index contributed by atoms with van der Waals surface area (Å²) in [6, 6.07) is 13.2. The van der Waals surface area contributed by atoms with Crippen LogP contribution in [-0.4, -0.2) is 52.0 Å². The predicted octanol–water partition coefficient (Wildman–Crippen LogP) is 4.78. The van der Waals surface area contributed by atoms with Gasteiger partial charge in [0.1, 0.15) is 5.69 Å². The highest BCUT2D eigenvalue weighted by molar-refractivity contribution is 5.92. The van der Waals surface area contributed by atoms with Crippen LogP contribution in [0.1, 0.15) is 53.8 Å². The second kappa shape index (κ2) is 10.7. The number of para-hydroxylation sites is 2. The number of anilines is 1. The molecule has 0 radical (unpaired) electrons. The van der Waals surface area contributed by atoms with E-state index >= 15 is 0 Å². The Labute approximate surface area is 205 Å². The number of nitrogens with zero attached hydrogens (tertiary/aromatic N) is 5. The zero-order valence-electron chi connectivity index (χ0n) is 20.2. The third-order valence-corrected chi connectivity index (χ3v) is 6.33. The first kappa shape index (κ1) is 23.1. The molecule has 1 aromatic carbocycles. The number of hydrogen-bond donors (Lipinski definition) is 0. The number of ether oxygens (including phenoxy) is 2. The summed E-state index contributed by atoms with van der Waals surface area (Å²) in [6.07, 6.45) is 6.67. The molecule has 0 unspecified atom stereocenters. The molecule has 3 aromatic rings. The van der Waals surface area contributed by atoms with Gasteiger partial charge < -0.3 is 19.3 Å². The Morgan fingerprint density at radius 2 is 1.71 bits per heavy atom. The number of aromatic nitrogens is 3. The molecule has 2 aromatic heterocycles. The maximum Gasteiger partial charge on any atom is 0.272 e. The van der Waals surface area contributed by atoms with Crippen molar-refractivity contribution >= 4 is 11.9 Å². The Morgan fingerprint density at radius 1 is 0.914 bits per heavy atom. The van der Waals surface area contributed by atoms with Crippen molar-refractivity contribution in [2.24, 2.45) is 0 Å². The zero-order chi connectivity index (χ0) is 24.0. The van der Waals surface area contributed by atoms with Gasteiger partial charge in [-0.2, -0.15) is 0 Å². The van der Waals surface area contributed by atoms with Gasteiger partial charge in [0.05, 0.1) is 13.2 Å². The fourth-order valence-corrected chi connectivity index (χ4v) is 4.50. The van der Waals surface area contributed by atoms with Gasteiger partial charge in [0.25, 0.3) is 5.91 Å². The number of benzene rings is 1. The molecule has 2 aliphatic rings.